The van der Waals surface area contributed by atoms with E-state index in [1.165, 1.54) is 0 Å². The van der Waals surface area contributed by atoms with Gasteiger partial charge in [-0.05, 0) is 26.0 Å². The lowest BCUT2D eigenvalue weighted by Gasteiger charge is -2.07. The lowest BCUT2D eigenvalue weighted by Crippen LogP contribution is -2.19. The zero-order valence-corrected chi connectivity index (χ0v) is 12.7. The molecule has 104 valence electrons. The van der Waals surface area contributed by atoms with Crippen molar-refractivity contribution in [3.8, 4) is 0 Å². The first-order valence-electron chi connectivity index (χ1n) is 6.31. The Morgan fingerprint density at radius 2 is 2.22 bits per heavy atom. The van der Waals surface area contributed by atoms with E-state index in [9.17, 15) is 0 Å². The normalized spacial score (nSPS) is 11.1. The summed E-state index contributed by atoms with van der Waals surface area (Å²) in [7, 11) is 0. The van der Waals surface area contributed by atoms with Crippen molar-refractivity contribution in [2.45, 2.75) is 33.4 Å². The van der Waals surface area contributed by atoms with Gasteiger partial charge in [0.2, 0.25) is 0 Å². The van der Waals surface area contributed by atoms with E-state index in [2.05, 4.69) is 17.3 Å². The van der Waals surface area contributed by atoms with Crippen molar-refractivity contribution in [2.75, 3.05) is 24.7 Å². The van der Waals surface area contributed by atoms with E-state index < -0.39 is 0 Å². The average Bonchev–Trinajstić information content (AvgIpc) is 2.65. The summed E-state index contributed by atoms with van der Waals surface area (Å²) in [6, 6.07) is 0. The Hall–Kier alpha value is -0.230. The highest BCUT2D eigenvalue weighted by molar-refractivity contribution is 7.99. The van der Waals surface area contributed by atoms with Crippen molar-refractivity contribution in [3.63, 3.8) is 0 Å². The number of thioether (sulfide) groups is 1. The fourth-order valence-corrected chi connectivity index (χ4v) is 2.69. The molecule has 6 heteroatoms. The second-order valence-corrected chi connectivity index (χ2v) is 5.63. The molecule has 0 aliphatic carbocycles. The fraction of sp³-hybridized carbons (Fsp3) is 0.750. The molecule has 1 heterocycles. The Balaban J connectivity index is 2.26. The number of aryl methyl sites for hydroxylation is 2. The van der Waals surface area contributed by atoms with E-state index in [4.69, 9.17) is 16.7 Å². The summed E-state index contributed by atoms with van der Waals surface area (Å²) in [6.45, 7) is 6.83. The van der Waals surface area contributed by atoms with Crippen molar-refractivity contribution in [2.24, 2.45) is 0 Å². The van der Waals surface area contributed by atoms with Crippen LogP contribution in [0.25, 0.3) is 0 Å². The van der Waals surface area contributed by atoms with Crippen LogP contribution in [-0.4, -0.2) is 39.5 Å². The summed E-state index contributed by atoms with van der Waals surface area (Å²) in [4.78, 5) is 0. The highest BCUT2D eigenvalue weighted by atomic mass is 35.5. The van der Waals surface area contributed by atoms with E-state index in [0.717, 1.165) is 54.0 Å². The summed E-state index contributed by atoms with van der Waals surface area (Å²) in [5.41, 5.74) is 1.96. The van der Waals surface area contributed by atoms with Crippen molar-refractivity contribution in [1.29, 1.82) is 0 Å². The Morgan fingerprint density at radius 3 is 2.89 bits per heavy atom. The maximum atomic E-state index is 8.65. The minimum absolute atomic E-state index is 0.283. The molecule has 18 heavy (non-hydrogen) atoms. The lowest BCUT2D eigenvalue weighted by molar-refractivity contribution is 0.296. The van der Waals surface area contributed by atoms with Crippen LogP contribution in [-0.2, 0) is 13.1 Å². The molecule has 1 rings (SSSR count). The fourth-order valence-electron chi connectivity index (χ4n) is 1.66. The van der Waals surface area contributed by atoms with E-state index in [1.54, 1.807) is 0 Å². The van der Waals surface area contributed by atoms with Gasteiger partial charge in [0, 0.05) is 32.0 Å². The zero-order valence-electron chi connectivity index (χ0n) is 11.1. The monoisotopic (exact) mass is 291 g/mol. The highest BCUT2D eigenvalue weighted by Crippen LogP contribution is 2.19. The SMILES string of the molecule is CCn1nc(C)c(Cl)c1CNCCSCCCO. The molecule has 0 saturated heterocycles. The van der Waals surface area contributed by atoms with Crippen molar-refractivity contribution < 1.29 is 5.11 Å². The Morgan fingerprint density at radius 1 is 1.44 bits per heavy atom. The molecular formula is C12H22ClN3OS. The highest BCUT2D eigenvalue weighted by Gasteiger charge is 2.11. The van der Waals surface area contributed by atoms with Crippen LogP contribution < -0.4 is 5.32 Å². The number of aliphatic hydroxyl groups is 1. The number of aromatic nitrogens is 2. The molecule has 0 bridgehead atoms. The van der Waals surface area contributed by atoms with Crippen LogP contribution in [0.15, 0.2) is 0 Å². The van der Waals surface area contributed by atoms with Crippen LogP contribution in [0.1, 0.15) is 24.7 Å². The van der Waals surface area contributed by atoms with Gasteiger partial charge in [-0.15, -0.1) is 0 Å². The van der Waals surface area contributed by atoms with Crippen molar-refractivity contribution >= 4 is 23.4 Å². The van der Waals surface area contributed by atoms with E-state index in [0.29, 0.717) is 0 Å². The first kappa shape index (κ1) is 15.8. The van der Waals surface area contributed by atoms with Crippen LogP contribution in [0.5, 0.6) is 0 Å². The lowest BCUT2D eigenvalue weighted by atomic mass is 10.3. The van der Waals surface area contributed by atoms with Crippen LogP contribution in [0.4, 0.5) is 0 Å². The molecule has 0 fully saturated rings. The Bertz CT molecular complexity index is 357. The second kappa shape index (κ2) is 8.80. The first-order chi connectivity index (χ1) is 8.70. The molecule has 0 aromatic carbocycles. The zero-order chi connectivity index (χ0) is 13.4. The average molecular weight is 292 g/mol. The number of hydrogen-bond acceptors (Lipinski definition) is 4. The van der Waals surface area contributed by atoms with Crippen molar-refractivity contribution in [3.05, 3.63) is 16.4 Å². The van der Waals surface area contributed by atoms with Gasteiger partial charge in [-0.3, -0.25) is 4.68 Å². The third kappa shape index (κ3) is 4.80. The molecule has 0 atom stereocenters. The molecule has 0 amide bonds. The minimum Gasteiger partial charge on any atom is -0.396 e. The molecule has 0 spiro atoms. The number of nitrogens with zero attached hydrogens (tertiary/aromatic N) is 2. The maximum Gasteiger partial charge on any atom is 0.0860 e. The second-order valence-electron chi connectivity index (χ2n) is 4.03. The van der Waals surface area contributed by atoms with Gasteiger partial charge in [-0.2, -0.15) is 16.9 Å². The predicted octanol–water partition coefficient (Wildman–Crippen LogP) is 2.07. The molecule has 0 aliphatic rings. The number of hydrogen-bond donors (Lipinski definition) is 2. The van der Waals surface area contributed by atoms with Gasteiger partial charge in [0.25, 0.3) is 0 Å². The summed E-state index contributed by atoms with van der Waals surface area (Å²) >= 11 is 8.07. The van der Waals surface area contributed by atoms with Gasteiger partial charge in [0.15, 0.2) is 0 Å². The summed E-state index contributed by atoms with van der Waals surface area (Å²) in [5.74, 6) is 2.07. The number of aliphatic hydroxyl groups excluding tert-OH is 1. The molecule has 1 aromatic rings. The molecule has 0 unspecified atom stereocenters. The standard InChI is InChI=1S/C12H22ClN3OS/c1-3-16-11(12(13)10(2)15-16)9-14-5-8-18-7-4-6-17/h14,17H,3-9H2,1-2H3. The van der Waals surface area contributed by atoms with Crippen molar-refractivity contribution in [1.82, 2.24) is 15.1 Å². The van der Waals surface area contributed by atoms with Gasteiger partial charge in [0.1, 0.15) is 0 Å². The van der Waals surface area contributed by atoms with Gasteiger partial charge in [-0.1, -0.05) is 11.6 Å². The minimum atomic E-state index is 0.283. The molecule has 4 nitrogen and oxygen atoms in total. The molecule has 0 saturated carbocycles. The van der Waals surface area contributed by atoms with E-state index in [1.807, 2.05) is 23.4 Å². The third-order valence-electron chi connectivity index (χ3n) is 2.62. The molecular weight excluding hydrogens is 270 g/mol. The van der Waals surface area contributed by atoms with Crippen LogP contribution >= 0.6 is 23.4 Å². The number of halogens is 1. The quantitative estimate of drug-likeness (QED) is 0.684. The maximum absolute atomic E-state index is 8.65. The first-order valence-corrected chi connectivity index (χ1v) is 7.85. The van der Waals surface area contributed by atoms with Gasteiger partial charge >= 0.3 is 0 Å². The van der Waals surface area contributed by atoms with Crippen LogP contribution in [0.2, 0.25) is 5.02 Å². The summed E-state index contributed by atoms with van der Waals surface area (Å²) < 4.78 is 1.95. The largest absolute Gasteiger partial charge is 0.396 e. The smallest absolute Gasteiger partial charge is 0.0860 e. The van der Waals surface area contributed by atoms with E-state index >= 15 is 0 Å². The van der Waals surface area contributed by atoms with Crippen LogP contribution in [0, 0.1) is 6.92 Å². The summed E-state index contributed by atoms with van der Waals surface area (Å²) in [6.07, 6.45) is 0.873. The van der Waals surface area contributed by atoms with Gasteiger partial charge in [0.05, 0.1) is 16.4 Å². The Labute approximate surface area is 118 Å². The molecule has 0 aliphatic heterocycles. The van der Waals surface area contributed by atoms with Crippen LogP contribution in [0.3, 0.4) is 0 Å². The predicted molar refractivity (Wildman–Crippen MR) is 78.4 cm³/mol. The molecule has 0 radical (unpaired) electrons. The van der Waals surface area contributed by atoms with E-state index in [-0.39, 0.29) is 6.61 Å². The van der Waals surface area contributed by atoms with Gasteiger partial charge in [-0.25, -0.2) is 0 Å². The topological polar surface area (TPSA) is 50.1 Å². The molecule has 2 N–H and O–H groups in total. The Kier molecular flexibility index (Phi) is 7.74. The number of nitrogens with one attached hydrogen (secondary N) is 1. The number of rotatable bonds is 9. The van der Waals surface area contributed by atoms with Gasteiger partial charge < -0.3 is 10.4 Å². The summed E-state index contributed by atoms with van der Waals surface area (Å²) in [5, 5.41) is 17.2. The molecule has 1 aromatic heterocycles. The third-order valence-corrected chi connectivity index (χ3v) is 4.18.